The van der Waals surface area contributed by atoms with Gasteiger partial charge in [0, 0.05) is 5.56 Å². The van der Waals surface area contributed by atoms with Crippen LogP contribution in [0, 0.1) is 0 Å². The van der Waals surface area contributed by atoms with Crippen molar-refractivity contribution in [3.63, 3.8) is 0 Å². The van der Waals surface area contributed by atoms with Gasteiger partial charge in [-0.1, -0.05) is 47.5 Å². The highest BCUT2D eigenvalue weighted by atomic mass is 35.5. The summed E-state index contributed by atoms with van der Waals surface area (Å²) in [7, 11) is 0. The Morgan fingerprint density at radius 3 is 2.05 bits per heavy atom. The highest BCUT2D eigenvalue weighted by Gasteiger charge is 2.60. The molecule has 2 aliphatic heterocycles. The van der Waals surface area contributed by atoms with E-state index in [1.165, 1.54) is 12.1 Å². The number of carbonyl (C=O) groups excluding carboxylic acids is 1. The van der Waals surface area contributed by atoms with Crippen molar-refractivity contribution in [1.29, 1.82) is 0 Å². The first kappa shape index (κ1) is 29.3. The van der Waals surface area contributed by atoms with E-state index in [0.29, 0.717) is 17.0 Å². The van der Waals surface area contributed by atoms with Crippen LogP contribution in [0.1, 0.15) is 28.7 Å². The van der Waals surface area contributed by atoms with E-state index >= 15 is 4.39 Å². The number of halogens is 12. The lowest BCUT2D eigenvalue weighted by Gasteiger charge is -2.44. The molecule has 1 N–H and O–H groups in total. The van der Waals surface area contributed by atoms with Crippen molar-refractivity contribution >= 4 is 34.8 Å². The van der Waals surface area contributed by atoms with E-state index in [2.05, 4.69) is 0 Å². The topological polar surface area (TPSA) is 41.6 Å². The quantitative estimate of drug-likeness (QED) is 0.369. The molecule has 1 unspecified atom stereocenters. The van der Waals surface area contributed by atoms with Crippen LogP contribution < -0.4 is 5.48 Å². The Kier molecular flexibility index (Phi) is 7.09. The zero-order chi connectivity index (χ0) is 29.2. The Hall–Kier alpha value is -2.71. The standard InChI is InChI=1S/C23H14Cl2F10N2O2/c24-15-6-13(5-14(18(15)25)22(30,31)32)20(23(33,34)35)7-16(36-39-20)11-1-3-12(4-2-11)19(26)9-37(10-19)17(38)8-21(27,28)29/h1-7,36H,8-10H2. The number of rotatable bonds is 4. The molecular weight excluding hydrogens is 597 g/mol. The first-order chi connectivity index (χ1) is 17.8. The number of hydrogen-bond donors (Lipinski definition) is 1. The average molecular weight is 611 g/mol. The predicted molar refractivity (Wildman–Crippen MR) is 118 cm³/mol. The van der Waals surface area contributed by atoms with Gasteiger partial charge in [0.1, 0.15) is 6.42 Å². The van der Waals surface area contributed by atoms with Crippen molar-refractivity contribution in [3.05, 3.63) is 74.8 Å². The summed E-state index contributed by atoms with van der Waals surface area (Å²) < 4.78 is 135. The molecule has 1 amide bonds. The largest absolute Gasteiger partial charge is 0.428 e. The zero-order valence-electron chi connectivity index (χ0n) is 19.0. The molecule has 0 radical (unpaired) electrons. The molecule has 1 fully saturated rings. The monoisotopic (exact) mass is 610 g/mol. The number of alkyl halides is 10. The normalized spacial score (nSPS) is 21.3. The van der Waals surface area contributed by atoms with Crippen LogP contribution in [0.5, 0.6) is 0 Å². The van der Waals surface area contributed by atoms with E-state index in [0.717, 1.165) is 12.1 Å². The van der Waals surface area contributed by atoms with Gasteiger partial charge < -0.3 is 4.90 Å². The van der Waals surface area contributed by atoms with Crippen LogP contribution in [0.3, 0.4) is 0 Å². The third-order valence-corrected chi connectivity index (χ3v) is 6.96. The van der Waals surface area contributed by atoms with Gasteiger partial charge in [0.25, 0.3) is 0 Å². The van der Waals surface area contributed by atoms with E-state index in [9.17, 15) is 44.3 Å². The molecule has 0 aliphatic carbocycles. The van der Waals surface area contributed by atoms with Crippen LogP contribution in [0.2, 0.25) is 10.0 Å². The summed E-state index contributed by atoms with van der Waals surface area (Å²) in [4.78, 5) is 17.1. The summed E-state index contributed by atoms with van der Waals surface area (Å²) in [5.74, 6) is -1.30. The molecule has 16 heteroatoms. The van der Waals surface area contributed by atoms with Crippen molar-refractivity contribution in [2.75, 3.05) is 13.1 Å². The molecule has 2 aliphatic rings. The summed E-state index contributed by atoms with van der Waals surface area (Å²) in [5.41, 5.74) is -6.58. The number of benzene rings is 2. The van der Waals surface area contributed by atoms with Crippen LogP contribution in [0.4, 0.5) is 43.9 Å². The Labute approximate surface area is 223 Å². The third-order valence-electron chi connectivity index (χ3n) is 6.15. The summed E-state index contributed by atoms with van der Waals surface area (Å²) in [5, 5.41) is -1.79. The van der Waals surface area contributed by atoms with E-state index < -0.39 is 76.4 Å². The van der Waals surface area contributed by atoms with Gasteiger partial charge in [0.2, 0.25) is 11.5 Å². The predicted octanol–water partition coefficient (Wildman–Crippen LogP) is 7.31. The molecule has 4 nitrogen and oxygen atoms in total. The number of nitrogens with one attached hydrogen (secondary N) is 1. The van der Waals surface area contributed by atoms with Gasteiger partial charge in [0.15, 0.2) is 5.67 Å². The van der Waals surface area contributed by atoms with Gasteiger partial charge in [-0.15, -0.1) is 0 Å². The van der Waals surface area contributed by atoms with E-state index in [1.54, 1.807) is 0 Å². The number of nitrogens with zero attached hydrogens (tertiary/aromatic N) is 1. The Morgan fingerprint density at radius 1 is 0.949 bits per heavy atom. The van der Waals surface area contributed by atoms with E-state index in [4.69, 9.17) is 28.0 Å². The SMILES string of the molecule is O=C(CC(F)(F)F)N1CC(F)(c2ccc(C3=CC(c4cc(Cl)c(Cl)c(C(F)(F)F)c4)(C(F)(F)F)ON3)cc2)C1. The summed E-state index contributed by atoms with van der Waals surface area (Å²) in [6, 6.07) is 5.40. The van der Waals surface area contributed by atoms with Crippen molar-refractivity contribution in [3.8, 4) is 0 Å². The molecule has 0 spiro atoms. The third kappa shape index (κ3) is 5.50. The van der Waals surface area contributed by atoms with E-state index in [1.807, 2.05) is 5.48 Å². The number of amides is 1. The highest BCUT2D eigenvalue weighted by molar-refractivity contribution is 6.42. The van der Waals surface area contributed by atoms with Crippen LogP contribution >= 0.6 is 23.2 Å². The second-order valence-corrected chi connectivity index (χ2v) is 9.68. The Morgan fingerprint density at radius 2 is 1.54 bits per heavy atom. The lowest BCUT2D eigenvalue weighted by atomic mass is 9.86. The van der Waals surface area contributed by atoms with Crippen LogP contribution in [-0.2, 0) is 27.1 Å². The van der Waals surface area contributed by atoms with Gasteiger partial charge in [-0.2, -0.15) is 39.5 Å². The molecule has 39 heavy (non-hydrogen) atoms. The van der Waals surface area contributed by atoms with Crippen molar-refractivity contribution in [2.24, 2.45) is 0 Å². The average Bonchev–Trinajstić information content (AvgIpc) is 3.24. The molecule has 2 aromatic carbocycles. The molecule has 1 saturated heterocycles. The lowest BCUT2D eigenvalue weighted by Crippen LogP contribution is -2.59. The number of hydrogen-bond acceptors (Lipinski definition) is 3. The fourth-order valence-corrected chi connectivity index (χ4v) is 4.58. The van der Waals surface area contributed by atoms with Crippen molar-refractivity contribution < 1.29 is 53.5 Å². The van der Waals surface area contributed by atoms with Gasteiger partial charge in [-0.25, -0.2) is 4.39 Å². The zero-order valence-corrected chi connectivity index (χ0v) is 20.5. The second-order valence-electron chi connectivity index (χ2n) is 8.90. The molecule has 2 aromatic rings. The van der Waals surface area contributed by atoms with Crippen LogP contribution in [0.15, 0.2) is 42.5 Å². The number of carbonyl (C=O) groups is 1. The molecule has 0 aromatic heterocycles. The molecule has 212 valence electrons. The van der Waals surface area contributed by atoms with E-state index in [-0.39, 0.29) is 22.9 Å². The number of hydroxylamine groups is 1. The minimum atomic E-state index is -5.29. The van der Waals surface area contributed by atoms with Crippen molar-refractivity contribution in [1.82, 2.24) is 10.4 Å². The summed E-state index contributed by atoms with van der Waals surface area (Å²) >= 11 is 11.3. The molecule has 0 bridgehead atoms. The minimum Gasteiger partial charge on any atom is -0.335 e. The first-order valence-corrected chi connectivity index (χ1v) is 11.5. The van der Waals surface area contributed by atoms with Gasteiger partial charge in [-0.05, 0) is 29.3 Å². The van der Waals surface area contributed by atoms with Gasteiger partial charge in [0.05, 0.1) is 34.4 Å². The Bertz CT molecular complexity index is 1320. The van der Waals surface area contributed by atoms with Crippen LogP contribution in [0.25, 0.3) is 5.70 Å². The van der Waals surface area contributed by atoms with Crippen molar-refractivity contribution in [2.45, 2.75) is 36.2 Å². The first-order valence-electron chi connectivity index (χ1n) is 10.7. The molecule has 2 heterocycles. The molecule has 4 rings (SSSR count). The maximum Gasteiger partial charge on any atom is 0.428 e. The maximum absolute atomic E-state index is 15.1. The van der Waals surface area contributed by atoms with Gasteiger partial charge >= 0.3 is 18.5 Å². The fourth-order valence-electron chi connectivity index (χ4n) is 4.14. The summed E-state index contributed by atoms with van der Waals surface area (Å²) in [6.07, 6.45) is -16.4. The number of likely N-dealkylation sites (tertiary alicyclic amines) is 1. The molecule has 1 atom stereocenters. The lowest BCUT2D eigenvalue weighted by molar-refractivity contribution is -0.269. The van der Waals surface area contributed by atoms with Crippen LogP contribution in [-0.4, -0.2) is 36.2 Å². The fraction of sp³-hybridized carbons (Fsp3) is 0.348. The second kappa shape index (κ2) is 9.44. The summed E-state index contributed by atoms with van der Waals surface area (Å²) in [6.45, 7) is -1.30. The smallest absolute Gasteiger partial charge is 0.335 e. The minimum absolute atomic E-state index is 0.00825. The highest BCUT2D eigenvalue weighted by Crippen LogP contribution is 2.50. The Balaban J connectivity index is 1.62. The molecule has 0 saturated carbocycles. The van der Waals surface area contributed by atoms with Gasteiger partial charge in [-0.3, -0.25) is 15.1 Å². The molecular formula is C23H14Cl2F10N2O2. The maximum atomic E-state index is 15.1.